The molecule has 0 amide bonds. The third kappa shape index (κ3) is 4.98. The first-order valence-corrected chi connectivity index (χ1v) is 5.94. The van der Waals surface area contributed by atoms with Crippen LogP contribution in [0.25, 0.3) is 0 Å². The number of nitrogens with zero attached hydrogens (tertiary/aromatic N) is 2. The van der Waals surface area contributed by atoms with Crippen molar-refractivity contribution >= 4 is 0 Å². The van der Waals surface area contributed by atoms with Crippen molar-refractivity contribution in [3.63, 3.8) is 0 Å². The van der Waals surface area contributed by atoms with E-state index in [0.29, 0.717) is 5.92 Å². The first-order chi connectivity index (χ1) is 7.22. The molecule has 0 aliphatic rings. The summed E-state index contributed by atoms with van der Waals surface area (Å²) in [7, 11) is 0. The molecule has 0 unspecified atom stereocenters. The van der Waals surface area contributed by atoms with E-state index < -0.39 is 0 Å². The average molecular weight is 209 g/mol. The van der Waals surface area contributed by atoms with Crippen LogP contribution in [0.15, 0.2) is 12.4 Å². The Morgan fingerprint density at radius 1 is 1.47 bits per heavy atom. The van der Waals surface area contributed by atoms with Crippen LogP contribution in [0.3, 0.4) is 0 Å². The van der Waals surface area contributed by atoms with E-state index in [0.717, 1.165) is 19.6 Å². The quantitative estimate of drug-likeness (QED) is 0.699. The van der Waals surface area contributed by atoms with Gasteiger partial charge in [0.05, 0.1) is 6.20 Å². The highest BCUT2D eigenvalue weighted by Crippen LogP contribution is 2.01. The molecule has 0 aromatic carbocycles. The molecule has 0 radical (unpaired) electrons. The van der Waals surface area contributed by atoms with Crippen LogP contribution in [0.4, 0.5) is 0 Å². The Kier molecular flexibility index (Phi) is 5.40. The normalized spacial score (nSPS) is 11.2. The van der Waals surface area contributed by atoms with E-state index in [1.54, 1.807) is 0 Å². The zero-order chi connectivity index (χ0) is 11.1. The van der Waals surface area contributed by atoms with Crippen LogP contribution in [0.2, 0.25) is 0 Å². The molecule has 0 fully saturated rings. The van der Waals surface area contributed by atoms with Crippen LogP contribution >= 0.6 is 0 Å². The molecule has 1 aromatic heterocycles. The average Bonchev–Trinajstić information content (AvgIpc) is 2.59. The second kappa shape index (κ2) is 6.62. The van der Waals surface area contributed by atoms with E-state index >= 15 is 0 Å². The van der Waals surface area contributed by atoms with Crippen LogP contribution in [-0.4, -0.2) is 16.3 Å². The summed E-state index contributed by atoms with van der Waals surface area (Å²) in [5.74, 6) is 0.658. The topological polar surface area (TPSA) is 29.9 Å². The number of aromatic nitrogens is 2. The summed E-state index contributed by atoms with van der Waals surface area (Å²) < 4.78 is 2.03. The Morgan fingerprint density at radius 2 is 2.27 bits per heavy atom. The number of unbranched alkanes of at least 4 members (excludes halogenated alkanes) is 1. The van der Waals surface area contributed by atoms with E-state index in [9.17, 15) is 0 Å². The summed E-state index contributed by atoms with van der Waals surface area (Å²) in [6.45, 7) is 9.68. The van der Waals surface area contributed by atoms with Gasteiger partial charge in [-0.25, -0.2) is 0 Å². The molecule has 3 heteroatoms. The number of hydrogen-bond acceptors (Lipinski definition) is 2. The Hall–Kier alpha value is -0.830. The minimum atomic E-state index is 0.658. The molecule has 1 aromatic rings. The third-order valence-corrected chi connectivity index (χ3v) is 2.28. The van der Waals surface area contributed by atoms with E-state index in [1.807, 2.05) is 10.9 Å². The first kappa shape index (κ1) is 12.2. The van der Waals surface area contributed by atoms with E-state index in [4.69, 9.17) is 0 Å². The van der Waals surface area contributed by atoms with Gasteiger partial charge < -0.3 is 5.32 Å². The highest BCUT2D eigenvalue weighted by Gasteiger charge is 2.00. The molecule has 0 aliphatic heterocycles. The van der Waals surface area contributed by atoms with Gasteiger partial charge in [0.2, 0.25) is 0 Å². The van der Waals surface area contributed by atoms with E-state index in [1.165, 1.54) is 18.4 Å². The molecule has 0 bridgehead atoms. The summed E-state index contributed by atoms with van der Waals surface area (Å²) in [5, 5.41) is 7.75. The van der Waals surface area contributed by atoms with Crippen molar-refractivity contribution in [1.29, 1.82) is 0 Å². The van der Waals surface area contributed by atoms with Gasteiger partial charge in [-0.1, -0.05) is 27.2 Å². The molecule has 0 spiro atoms. The fourth-order valence-electron chi connectivity index (χ4n) is 1.51. The molecule has 0 aliphatic carbocycles. The highest BCUT2D eigenvalue weighted by atomic mass is 15.3. The molecule has 1 heterocycles. The molecular formula is C12H23N3. The number of rotatable bonds is 7. The maximum absolute atomic E-state index is 4.33. The van der Waals surface area contributed by atoms with Crippen molar-refractivity contribution in [3.8, 4) is 0 Å². The smallest absolute Gasteiger partial charge is 0.0534 e. The number of hydrogen-bond donors (Lipinski definition) is 1. The van der Waals surface area contributed by atoms with Gasteiger partial charge >= 0.3 is 0 Å². The molecule has 1 rings (SSSR count). The van der Waals surface area contributed by atoms with Gasteiger partial charge in [-0.15, -0.1) is 0 Å². The molecule has 0 saturated carbocycles. The molecule has 0 saturated heterocycles. The van der Waals surface area contributed by atoms with Gasteiger partial charge in [0.1, 0.15) is 0 Å². The molecule has 1 N–H and O–H groups in total. The lowest BCUT2D eigenvalue weighted by Crippen LogP contribution is -2.14. The van der Waals surface area contributed by atoms with Crippen molar-refractivity contribution in [2.45, 2.75) is 46.7 Å². The lowest BCUT2D eigenvalue weighted by molar-refractivity contribution is 0.482. The second-order valence-electron chi connectivity index (χ2n) is 4.49. The zero-order valence-electron chi connectivity index (χ0n) is 10.2. The van der Waals surface area contributed by atoms with Gasteiger partial charge in [0.25, 0.3) is 0 Å². The molecule has 3 nitrogen and oxygen atoms in total. The van der Waals surface area contributed by atoms with Crippen molar-refractivity contribution in [1.82, 2.24) is 15.1 Å². The Bertz CT molecular complexity index is 266. The fraction of sp³-hybridized carbons (Fsp3) is 0.750. The minimum Gasteiger partial charge on any atom is -0.313 e. The SMILES string of the molecule is CCCCNCc1cnn(CC(C)C)c1. The van der Waals surface area contributed by atoms with E-state index in [-0.39, 0.29) is 0 Å². The summed E-state index contributed by atoms with van der Waals surface area (Å²) in [5.41, 5.74) is 1.28. The van der Waals surface area contributed by atoms with Gasteiger partial charge in [-0.05, 0) is 18.9 Å². The molecule has 0 atom stereocenters. The maximum Gasteiger partial charge on any atom is 0.0534 e. The van der Waals surface area contributed by atoms with E-state index in [2.05, 4.69) is 37.4 Å². The van der Waals surface area contributed by atoms with Crippen LogP contribution in [0, 0.1) is 5.92 Å². The second-order valence-corrected chi connectivity index (χ2v) is 4.49. The van der Waals surface area contributed by atoms with Crippen molar-refractivity contribution in [2.24, 2.45) is 5.92 Å². The lowest BCUT2D eigenvalue weighted by atomic mass is 10.2. The molecule has 15 heavy (non-hydrogen) atoms. The highest BCUT2D eigenvalue weighted by molar-refractivity contribution is 5.03. The standard InChI is InChI=1S/C12H23N3/c1-4-5-6-13-7-12-8-14-15(10-12)9-11(2)3/h8,10-11,13H,4-7,9H2,1-3H3. The van der Waals surface area contributed by atoms with Crippen LogP contribution < -0.4 is 5.32 Å². The fourth-order valence-corrected chi connectivity index (χ4v) is 1.51. The largest absolute Gasteiger partial charge is 0.313 e. The number of nitrogens with one attached hydrogen (secondary N) is 1. The Balaban J connectivity index is 2.26. The van der Waals surface area contributed by atoms with Crippen LogP contribution in [0.1, 0.15) is 39.2 Å². The first-order valence-electron chi connectivity index (χ1n) is 5.94. The Labute approximate surface area is 92.9 Å². The summed E-state index contributed by atoms with van der Waals surface area (Å²) in [6, 6.07) is 0. The predicted molar refractivity (Wildman–Crippen MR) is 63.7 cm³/mol. The summed E-state index contributed by atoms with van der Waals surface area (Å²) in [4.78, 5) is 0. The van der Waals surface area contributed by atoms with Crippen LogP contribution in [-0.2, 0) is 13.1 Å². The van der Waals surface area contributed by atoms with Crippen molar-refractivity contribution < 1.29 is 0 Å². The predicted octanol–water partition coefficient (Wildman–Crippen LogP) is 2.43. The van der Waals surface area contributed by atoms with Crippen molar-refractivity contribution in [2.75, 3.05) is 6.54 Å². The van der Waals surface area contributed by atoms with Gasteiger partial charge in [-0.3, -0.25) is 4.68 Å². The monoisotopic (exact) mass is 209 g/mol. The zero-order valence-corrected chi connectivity index (χ0v) is 10.2. The van der Waals surface area contributed by atoms with Gasteiger partial charge in [-0.2, -0.15) is 5.10 Å². The minimum absolute atomic E-state index is 0.658. The molecular weight excluding hydrogens is 186 g/mol. The summed E-state index contributed by atoms with van der Waals surface area (Å²) >= 11 is 0. The maximum atomic E-state index is 4.33. The van der Waals surface area contributed by atoms with Gasteiger partial charge in [0, 0.05) is 24.8 Å². The third-order valence-electron chi connectivity index (χ3n) is 2.28. The van der Waals surface area contributed by atoms with Crippen LogP contribution in [0.5, 0.6) is 0 Å². The molecule has 86 valence electrons. The lowest BCUT2D eigenvalue weighted by Gasteiger charge is -2.03. The Morgan fingerprint density at radius 3 is 2.93 bits per heavy atom. The van der Waals surface area contributed by atoms with Crippen molar-refractivity contribution in [3.05, 3.63) is 18.0 Å². The summed E-state index contributed by atoms with van der Waals surface area (Å²) in [6.07, 6.45) is 6.60. The van der Waals surface area contributed by atoms with Gasteiger partial charge in [0.15, 0.2) is 0 Å².